The Kier molecular flexibility index (Phi) is 11.1. The first-order valence-corrected chi connectivity index (χ1v) is 9.21. The average molecular weight is 503 g/mol. The molecule has 0 spiro atoms. The van der Waals surface area contributed by atoms with Gasteiger partial charge < -0.3 is 15.4 Å². The largest absolute Gasteiger partial charge is 0.493 e. The minimum Gasteiger partial charge on any atom is -0.493 e. The molecule has 0 fully saturated rings. The molecule has 0 aliphatic carbocycles. The van der Waals surface area contributed by atoms with Gasteiger partial charge in [0.2, 0.25) is 0 Å². The Morgan fingerprint density at radius 3 is 2.41 bits per heavy atom. The van der Waals surface area contributed by atoms with E-state index < -0.39 is 0 Å². The van der Waals surface area contributed by atoms with Crippen LogP contribution in [-0.4, -0.2) is 31.1 Å². The van der Waals surface area contributed by atoms with Gasteiger partial charge in [0.05, 0.1) is 6.61 Å². The van der Waals surface area contributed by atoms with Gasteiger partial charge in [-0.15, -0.1) is 24.0 Å². The van der Waals surface area contributed by atoms with Crippen LogP contribution in [0.2, 0.25) is 5.15 Å². The molecule has 148 valence electrons. The maximum Gasteiger partial charge on any atom is 0.191 e. The molecule has 7 heteroatoms. The van der Waals surface area contributed by atoms with E-state index in [2.05, 4.69) is 46.6 Å². The fraction of sp³-hybridized carbons (Fsp3) is 0.400. The topological polar surface area (TPSA) is 58.5 Å². The lowest BCUT2D eigenvalue weighted by molar-refractivity contribution is 0.271. The summed E-state index contributed by atoms with van der Waals surface area (Å²) in [6.07, 6.45) is 2.65. The second-order valence-corrected chi connectivity index (χ2v) is 6.83. The molecular weight excluding hydrogens is 475 g/mol. The van der Waals surface area contributed by atoms with E-state index in [0.29, 0.717) is 17.6 Å². The summed E-state index contributed by atoms with van der Waals surface area (Å²) in [4.78, 5) is 8.33. The number of hydrogen-bond acceptors (Lipinski definition) is 3. The quantitative estimate of drug-likeness (QED) is 0.245. The van der Waals surface area contributed by atoms with Crippen molar-refractivity contribution in [1.29, 1.82) is 0 Å². The Bertz CT molecular complexity index is 690. The molecule has 0 aliphatic rings. The summed E-state index contributed by atoms with van der Waals surface area (Å²) < 4.78 is 5.70. The summed E-state index contributed by atoms with van der Waals surface area (Å²) >= 11 is 5.80. The van der Waals surface area contributed by atoms with Crippen LogP contribution in [0.15, 0.2) is 47.6 Å². The molecule has 27 heavy (non-hydrogen) atoms. The van der Waals surface area contributed by atoms with Gasteiger partial charge in [0, 0.05) is 26.3 Å². The van der Waals surface area contributed by atoms with Crippen LogP contribution in [0.1, 0.15) is 25.0 Å². The van der Waals surface area contributed by atoms with Gasteiger partial charge in [-0.1, -0.05) is 43.6 Å². The SMILES string of the molecule is CN=C(NCCc1ccc(Cl)nc1)NCc1ccc(OCC(C)C)cc1.I. The number of benzene rings is 1. The van der Waals surface area contributed by atoms with Crippen LogP contribution >= 0.6 is 35.6 Å². The standard InChI is InChI=1S/C20H27ClN4O.HI/c1-15(2)14-26-18-7-4-16(5-8-18)13-25-20(22-3)23-11-10-17-6-9-19(21)24-12-17;/h4-9,12,15H,10-11,13-14H2,1-3H3,(H2,22,23,25);1H. The number of hydrogen-bond donors (Lipinski definition) is 2. The summed E-state index contributed by atoms with van der Waals surface area (Å²) in [6.45, 7) is 6.48. The first-order chi connectivity index (χ1) is 12.6. The molecule has 5 nitrogen and oxygen atoms in total. The fourth-order valence-corrected chi connectivity index (χ4v) is 2.36. The molecule has 2 N–H and O–H groups in total. The van der Waals surface area contributed by atoms with Crippen molar-refractivity contribution in [3.05, 3.63) is 58.9 Å². The van der Waals surface area contributed by atoms with E-state index in [4.69, 9.17) is 16.3 Å². The van der Waals surface area contributed by atoms with Crippen molar-refractivity contribution in [3.63, 3.8) is 0 Å². The van der Waals surface area contributed by atoms with Gasteiger partial charge in [0.1, 0.15) is 10.9 Å². The van der Waals surface area contributed by atoms with Crippen LogP contribution in [0.4, 0.5) is 0 Å². The average Bonchev–Trinajstić information content (AvgIpc) is 2.65. The van der Waals surface area contributed by atoms with Crippen LogP contribution in [0.5, 0.6) is 5.75 Å². The number of halogens is 2. The van der Waals surface area contributed by atoms with Gasteiger partial charge >= 0.3 is 0 Å². The minimum absolute atomic E-state index is 0. The number of ether oxygens (including phenoxy) is 1. The number of aliphatic imine (C=N–C) groups is 1. The third kappa shape index (κ3) is 9.28. The zero-order valence-corrected chi connectivity index (χ0v) is 19.1. The first kappa shape index (κ1) is 23.5. The Morgan fingerprint density at radius 1 is 1.11 bits per heavy atom. The van der Waals surface area contributed by atoms with E-state index in [-0.39, 0.29) is 24.0 Å². The van der Waals surface area contributed by atoms with Crippen LogP contribution in [0.3, 0.4) is 0 Å². The van der Waals surface area contributed by atoms with Gasteiger partial charge in [-0.3, -0.25) is 4.99 Å². The molecule has 0 amide bonds. The van der Waals surface area contributed by atoms with Crippen molar-refractivity contribution < 1.29 is 4.74 Å². The number of guanidine groups is 1. The first-order valence-electron chi connectivity index (χ1n) is 8.83. The maximum absolute atomic E-state index is 5.80. The van der Waals surface area contributed by atoms with Crippen molar-refractivity contribution in [1.82, 2.24) is 15.6 Å². The molecular formula is C20H28ClIN4O. The lowest BCUT2D eigenvalue weighted by Crippen LogP contribution is -2.37. The number of nitrogens with zero attached hydrogens (tertiary/aromatic N) is 2. The smallest absolute Gasteiger partial charge is 0.191 e. The molecule has 1 heterocycles. The summed E-state index contributed by atoms with van der Waals surface area (Å²) in [7, 11) is 1.77. The molecule has 0 bridgehead atoms. The fourth-order valence-electron chi connectivity index (χ4n) is 2.25. The molecule has 0 unspecified atom stereocenters. The molecule has 0 radical (unpaired) electrons. The summed E-state index contributed by atoms with van der Waals surface area (Å²) in [5, 5.41) is 7.13. The van der Waals surface area contributed by atoms with Crippen molar-refractivity contribution in [3.8, 4) is 5.75 Å². The lowest BCUT2D eigenvalue weighted by Gasteiger charge is -2.13. The third-order valence-corrected chi connectivity index (χ3v) is 3.91. The predicted octanol–water partition coefficient (Wildman–Crippen LogP) is 4.30. The number of rotatable bonds is 8. The molecule has 0 atom stereocenters. The van der Waals surface area contributed by atoms with Crippen LogP contribution in [-0.2, 0) is 13.0 Å². The zero-order valence-electron chi connectivity index (χ0n) is 16.0. The Morgan fingerprint density at radius 2 is 1.81 bits per heavy atom. The predicted molar refractivity (Wildman–Crippen MR) is 123 cm³/mol. The van der Waals surface area contributed by atoms with E-state index in [9.17, 15) is 0 Å². The van der Waals surface area contributed by atoms with E-state index in [0.717, 1.165) is 36.8 Å². The maximum atomic E-state index is 5.80. The Labute approximate surface area is 184 Å². The second kappa shape index (κ2) is 12.8. The summed E-state index contributed by atoms with van der Waals surface area (Å²) in [5.74, 6) is 2.20. The highest BCUT2D eigenvalue weighted by Gasteiger charge is 2.01. The molecule has 1 aromatic heterocycles. The number of pyridine rings is 1. The Hall–Kier alpha value is -1.54. The van der Waals surface area contributed by atoms with E-state index in [1.54, 1.807) is 19.3 Å². The monoisotopic (exact) mass is 502 g/mol. The highest BCUT2D eigenvalue weighted by molar-refractivity contribution is 14.0. The van der Waals surface area contributed by atoms with Crippen LogP contribution in [0, 0.1) is 5.92 Å². The van der Waals surface area contributed by atoms with E-state index >= 15 is 0 Å². The lowest BCUT2D eigenvalue weighted by atomic mass is 10.2. The van der Waals surface area contributed by atoms with Crippen molar-refractivity contribution in [2.24, 2.45) is 10.9 Å². The normalized spacial score (nSPS) is 11.1. The van der Waals surface area contributed by atoms with Gasteiger partial charge in [0.15, 0.2) is 5.96 Å². The number of aromatic nitrogens is 1. The molecule has 2 aromatic rings. The Balaban J connectivity index is 0.00000364. The van der Waals surface area contributed by atoms with Crippen molar-refractivity contribution in [2.75, 3.05) is 20.2 Å². The zero-order chi connectivity index (χ0) is 18.8. The van der Waals surface area contributed by atoms with Gasteiger partial charge in [-0.05, 0) is 41.7 Å². The van der Waals surface area contributed by atoms with Gasteiger partial charge in [-0.25, -0.2) is 4.98 Å². The summed E-state index contributed by atoms with van der Waals surface area (Å²) in [5.41, 5.74) is 2.31. The molecule has 2 rings (SSSR count). The van der Waals surface area contributed by atoms with Crippen molar-refractivity contribution >= 4 is 41.5 Å². The van der Waals surface area contributed by atoms with Crippen LogP contribution < -0.4 is 15.4 Å². The highest BCUT2D eigenvalue weighted by atomic mass is 127. The molecule has 0 saturated carbocycles. The molecule has 0 aliphatic heterocycles. The molecule has 1 aromatic carbocycles. The van der Waals surface area contributed by atoms with Gasteiger partial charge in [-0.2, -0.15) is 0 Å². The van der Waals surface area contributed by atoms with E-state index in [1.165, 1.54) is 5.56 Å². The van der Waals surface area contributed by atoms with Crippen molar-refractivity contribution in [2.45, 2.75) is 26.8 Å². The third-order valence-electron chi connectivity index (χ3n) is 3.69. The summed E-state index contributed by atoms with van der Waals surface area (Å²) in [6, 6.07) is 11.9. The second-order valence-electron chi connectivity index (χ2n) is 6.44. The van der Waals surface area contributed by atoms with Crippen LogP contribution in [0.25, 0.3) is 0 Å². The number of nitrogens with one attached hydrogen (secondary N) is 2. The van der Waals surface area contributed by atoms with E-state index in [1.807, 2.05) is 18.2 Å². The highest BCUT2D eigenvalue weighted by Crippen LogP contribution is 2.13. The minimum atomic E-state index is 0. The molecule has 0 saturated heterocycles. The van der Waals surface area contributed by atoms with Gasteiger partial charge in [0.25, 0.3) is 0 Å².